The summed E-state index contributed by atoms with van der Waals surface area (Å²) < 4.78 is 9.50. The highest BCUT2D eigenvalue weighted by Crippen LogP contribution is 2.45. The van der Waals surface area contributed by atoms with Gasteiger partial charge in [-0.1, -0.05) is 115 Å². The molecule has 0 aliphatic carbocycles. The Kier molecular flexibility index (Phi) is 7.33. The number of thiophene rings is 1. The molecule has 0 atom stereocenters. The van der Waals surface area contributed by atoms with Gasteiger partial charge in [0.25, 0.3) is 0 Å². The minimum atomic E-state index is 0.842. The molecule has 0 unspecified atom stereocenters. The van der Waals surface area contributed by atoms with Crippen LogP contribution in [0.4, 0.5) is 34.1 Å². The Morgan fingerprint density at radius 2 is 0.904 bits per heavy atom. The molecule has 0 amide bonds. The van der Waals surface area contributed by atoms with Gasteiger partial charge in [-0.15, -0.1) is 11.3 Å². The van der Waals surface area contributed by atoms with Gasteiger partial charge in [0.15, 0.2) is 5.58 Å². The van der Waals surface area contributed by atoms with Crippen molar-refractivity contribution in [2.24, 2.45) is 0 Å². The van der Waals surface area contributed by atoms with Crippen LogP contribution >= 0.6 is 11.3 Å². The van der Waals surface area contributed by atoms with Crippen molar-refractivity contribution in [1.29, 1.82) is 0 Å². The summed E-state index contributed by atoms with van der Waals surface area (Å²) in [6.07, 6.45) is 0. The van der Waals surface area contributed by atoms with Gasteiger partial charge in [0.2, 0.25) is 0 Å². The van der Waals surface area contributed by atoms with E-state index >= 15 is 0 Å². The van der Waals surface area contributed by atoms with Crippen molar-refractivity contribution in [1.82, 2.24) is 0 Å². The monoisotopic (exact) mass is 684 g/mol. The van der Waals surface area contributed by atoms with E-state index in [2.05, 4.69) is 204 Å². The first kappa shape index (κ1) is 30.2. The fourth-order valence-electron chi connectivity index (χ4n) is 7.42. The number of hydrogen-bond donors (Lipinski definition) is 0. The molecule has 0 aliphatic heterocycles. The molecule has 0 saturated heterocycles. The van der Waals surface area contributed by atoms with Crippen molar-refractivity contribution in [2.75, 3.05) is 9.80 Å². The summed E-state index contributed by atoms with van der Waals surface area (Å²) in [5, 5.41) is 4.75. The molecule has 2 heterocycles. The molecule has 10 rings (SSSR count). The molecule has 4 heteroatoms. The molecule has 0 radical (unpaired) electrons. The zero-order valence-corrected chi connectivity index (χ0v) is 29.0. The van der Waals surface area contributed by atoms with E-state index in [1.807, 2.05) is 11.3 Å². The summed E-state index contributed by atoms with van der Waals surface area (Å²) in [5.74, 6) is 0. The molecule has 52 heavy (non-hydrogen) atoms. The molecule has 2 aromatic heterocycles. The number of benzene rings is 8. The number of hydrogen-bond acceptors (Lipinski definition) is 4. The highest BCUT2D eigenvalue weighted by Gasteiger charge is 2.21. The number of fused-ring (bicyclic) bond motifs is 6. The number of anilines is 6. The smallest absolute Gasteiger partial charge is 0.159 e. The van der Waals surface area contributed by atoms with E-state index in [0.717, 1.165) is 61.6 Å². The maximum absolute atomic E-state index is 6.93. The second-order valence-electron chi connectivity index (χ2n) is 13.0. The van der Waals surface area contributed by atoms with Gasteiger partial charge in [-0.25, -0.2) is 0 Å². The maximum atomic E-state index is 6.93. The lowest BCUT2D eigenvalue weighted by atomic mass is 10.0. The van der Waals surface area contributed by atoms with Crippen LogP contribution in [0.15, 0.2) is 199 Å². The fourth-order valence-corrected chi connectivity index (χ4v) is 8.56. The van der Waals surface area contributed by atoms with E-state index in [0.29, 0.717) is 0 Å². The third-order valence-electron chi connectivity index (χ3n) is 9.82. The molecule has 246 valence electrons. The third kappa shape index (κ3) is 5.20. The Bertz CT molecular complexity index is 2860. The summed E-state index contributed by atoms with van der Waals surface area (Å²) in [6.45, 7) is 0. The lowest BCUT2D eigenvalue weighted by Crippen LogP contribution is -2.10. The fraction of sp³-hybridized carbons (Fsp3) is 0. The van der Waals surface area contributed by atoms with Crippen LogP contribution in [0.3, 0.4) is 0 Å². The molecule has 0 spiro atoms. The molecule has 0 N–H and O–H groups in total. The van der Waals surface area contributed by atoms with Crippen molar-refractivity contribution >= 4 is 87.6 Å². The largest absolute Gasteiger partial charge is 0.454 e. The number of nitrogens with zero attached hydrogens (tertiary/aromatic N) is 2. The minimum Gasteiger partial charge on any atom is -0.454 e. The van der Waals surface area contributed by atoms with Gasteiger partial charge in [0.1, 0.15) is 5.58 Å². The van der Waals surface area contributed by atoms with E-state index in [4.69, 9.17) is 4.42 Å². The normalized spacial score (nSPS) is 11.5. The summed E-state index contributed by atoms with van der Waals surface area (Å²) in [4.78, 5) is 4.62. The molecular formula is C48H32N2OS. The summed E-state index contributed by atoms with van der Waals surface area (Å²) in [7, 11) is 0. The molecule has 0 saturated carbocycles. The van der Waals surface area contributed by atoms with Gasteiger partial charge >= 0.3 is 0 Å². The summed E-state index contributed by atoms with van der Waals surface area (Å²) in [6, 6.07) is 68.9. The standard InChI is InChI=1S/C48H32N2OS/c1-4-14-33(15-5-1)34-16-12-21-37(30-34)50(36-19-8-3-9-20-36)44-24-13-23-43-40-28-26-38(31-45(40)51-48(43)44)49(35-17-6-2-7-18-35)39-27-29-42-41-22-10-11-25-46(41)52-47(42)32-39/h1-32H. The average Bonchev–Trinajstić information content (AvgIpc) is 3.78. The van der Waals surface area contributed by atoms with Crippen molar-refractivity contribution in [3.8, 4) is 11.1 Å². The Morgan fingerprint density at radius 1 is 0.346 bits per heavy atom. The van der Waals surface area contributed by atoms with Crippen LogP contribution in [0.1, 0.15) is 0 Å². The lowest BCUT2D eigenvalue weighted by molar-refractivity contribution is 0.669. The van der Waals surface area contributed by atoms with Crippen molar-refractivity contribution in [3.63, 3.8) is 0 Å². The van der Waals surface area contributed by atoms with Crippen LogP contribution in [0.25, 0.3) is 53.2 Å². The van der Waals surface area contributed by atoms with E-state index in [1.165, 1.54) is 25.7 Å². The predicted octanol–water partition coefficient (Wildman–Crippen LogP) is 14.6. The molecular weight excluding hydrogens is 653 g/mol. The molecule has 0 fully saturated rings. The Labute approximate surface area is 305 Å². The highest BCUT2D eigenvalue weighted by atomic mass is 32.1. The van der Waals surface area contributed by atoms with Gasteiger partial charge in [-0.2, -0.15) is 0 Å². The van der Waals surface area contributed by atoms with Crippen molar-refractivity contribution < 1.29 is 4.42 Å². The Balaban J connectivity index is 1.13. The van der Waals surface area contributed by atoms with E-state index in [9.17, 15) is 0 Å². The predicted molar refractivity (Wildman–Crippen MR) is 221 cm³/mol. The van der Waals surface area contributed by atoms with Crippen LogP contribution in [-0.4, -0.2) is 0 Å². The van der Waals surface area contributed by atoms with Gasteiger partial charge in [-0.05, 0) is 83.9 Å². The minimum absolute atomic E-state index is 0.842. The quantitative estimate of drug-likeness (QED) is 0.167. The Morgan fingerprint density at radius 3 is 1.69 bits per heavy atom. The lowest BCUT2D eigenvalue weighted by Gasteiger charge is -2.26. The van der Waals surface area contributed by atoms with Crippen molar-refractivity contribution in [2.45, 2.75) is 0 Å². The summed E-state index contributed by atoms with van der Waals surface area (Å²) in [5.41, 5.74) is 10.4. The van der Waals surface area contributed by atoms with Gasteiger partial charge in [0, 0.05) is 65.4 Å². The van der Waals surface area contributed by atoms with Gasteiger partial charge in [0.05, 0.1) is 5.69 Å². The van der Waals surface area contributed by atoms with E-state index in [-0.39, 0.29) is 0 Å². The summed E-state index contributed by atoms with van der Waals surface area (Å²) >= 11 is 1.84. The van der Waals surface area contributed by atoms with Crippen LogP contribution < -0.4 is 9.80 Å². The SMILES string of the molecule is c1ccc(-c2cccc(N(c3ccccc3)c3cccc4c3oc3cc(N(c5ccccc5)c5ccc6c(c5)sc5ccccc56)ccc34)c2)cc1. The second kappa shape index (κ2) is 12.6. The van der Waals surface area contributed by atoms with Crippen LogP contribution in [0, 0.1) is 0 Å². The molecule has 0 aliphatic rings. The molecule has 3 nitrogen and oxygen atoms in total. The van der Waals surface area contributed by atoms with Crippen LogP contribution in [0.2, 0.25) is 0 Å². The zero-order valence-electron chi connectivity index (χ0n) is 28.2. The van der Waals surface area contributed by atoms with E-state index < -0.39 is 0 Å². The second-order valence-corrected chi connectivity index (χ2v) is 14.1. The average molecular weight is 685 g/mol. The zero-order chi connectivity index (χ0) is 34.4. The first-order valence-corrected chi connectivity index (χ1v) is 18.3. The van der Waals surface area contributed by atoms with E-state index in [1.54, 1.807) is 0 Å². The topological polar surface area (TPSA) is 19.6 Å². The molecule has 8 aromatic carbocycles. The number of furan rings is 1. The highest BCUT2D eigenvalue weighted by molar-refractivity contribution is 7.25. The number of rotatable bonds is 7. The molecule has 10 aromatic rings. The third-order valence-corrected chi connectivity index (χ3v) is 11.0. The van der Waals surface area contributed by atoms with Crippen molar-refractivity contribution in [3.05, 3.63) is 194 Å². The van der Waals surface area contributed by atoms with Gasteiger partial charge in [-0.3, -0.25) is 0 Å². The number of para-hydroxylation sites is 3. The first-order valence-electron chi connectivity index (χ1n) is 17.5. The van der Waals surface area contributed by atoms with Crippen LogP contribution in [0.5, 0.6) is 0 Å². The molecule has 0 bridgehead atoms. The Hall–Kier alpha value is -6.62. The van der Waals surface area contributed by atoms with Gasteiger partial charge < -0.3 is 14.2 Å². The van der Waals surface area contributed by atoms with Crippen LogP contribution in [-0.2, 0) is 0 Å². The maximum Gasteiger partial charge on any atom is 0.159 e. The first-order chi connectivity index (χ1) is 25.8.